The molecule has 3 N–H and O–H groups in total. The lowest BCUT2D eigenvalue weighted by molar-refractivity contribution is 0.628. The van der Waals surface area contributed by atoms with Gasteiger partial charge in [-0.3, -0.25) is 4.79 Å². The monoisotopic (exact) mass is 408 g/mol. The first-order chi connectivity index (χ1) is 10.5. The average Bonchev–Trinajstić information content (AvgIpc) is 2.51. The van der Waals surface area contributed by atoms with Crippen molar-refractivity contribution < 1.29 is 4.39 Å². The van der Waals surface area contributed by atoms with Crippen molar-refractivity contribution in [2.45, 2.75) is 0 Å². The Morgan fingerprint density at radius 3 is 2.50 bits per heavy atom. The number of benzene rings is 2. The average molecular weight is 408 g/mol. The Morgan fingerprint density at radius 1 is 1.09 bits per heavy atom. The van der Waals surface area contributed by atoms with Crippen LogP contribution < -0.4 is 11.3 Å². The van der Waals surface area contributed by atoms with Crippen LogP contribution in [0.1, 0.15) is 0 Å². The molecule has 0 unspecified atom stereocenters. The van der Waals surface area contributed by atoms with Crippen LogP contribution in [0.2, 0.25) is 0 Å². The van der Waals surface area contributed by atoms with Gasteiger partial charge in [-0.1, -0.05) is 0 Å². The molecule has 1 heterocycles. The van der Waals surface area contributed by atoms with E-state index in [9.17, 15) is 9.18 Å². The summed E-state index contributed by atoms with van der Waals surface area (Å²) in [5.41, 5.74) is 7.24. The number of halogens is 2. The first kappa shape index (κ1) is 14.6. The molecule has 0 saturated heterocycles. The van der Waals surface area contributed by atoms with Crippen LogP contribution in [0.3, 0.4) is 0 Å². The summed E-state index contributed by atoms with van der Waals surface area (Å²) < 4.78 is 13.9. The minimum absolute atomic E-state index is 0.132. The van der Waals surface area contributed by atoms with E-state index in [4.69, 9.17) is 5.73 Å². The maximum Gasteiger partial charge on any atom is 0.278 e. The fraction of sp³-hybridized carbons (Fsp3) is 0. The predicted molar refractivity (Wildman–Crippen MR) is 90.6 cm³/mol. The lowest BCUT2D eigenvalue weighted by Gasteiger charge is -2.06. The van der Waals surface area contributed by atoms with Gasteiger partial charge in [0.25, 0.3) is 5.56 Å². The van der Waals surface area contributed by atoms with Gasteiger partial charge in [-0.2, -0.15) is 0 Å². The standard InChI is InChI=1S/C15H10FIN4O/c16-9-3-1-8(2-4-9)13-15(22)19-14(21-20-13)11-7-10(17)5-6-12(11)18/h1-7H,18H2,(H,19,21,22). The third kappa shape index (κ3) is 2.84. The summed E-state index contributed by atoms with van der Waals surface area (Å²) in [7, 11) is 0. The Morgan fingerprint density at radius 2 is 1.82 bits per heavy atom. The SMILES string of the molecule is Nc1ccc(I)cc1-c1nnc(-c2ccc(F)cc2)c(=O)[nH]1. The first-order valence-electron chi connectivity index (χ1n) is 6.33. The minimum Gasteiger partial charge on any atom is -0.398 e. The lowest BCUT2D eigenvalue weighted by Crippen LogP contribution is -2.14. The van der Waals surface area contributed by atoms with Gasteiger partial charge >= 0.3 is 0 Å². The molecule has 0 fully saturated rings. The highest BCUT2D eigenvalue weighted by molar-refractivity contribution is 14.1. The zero-order chi connectivity index (χ0) is 15.7. The summed E-state index contributed by atoms with van der Waals surface area (Å²) in [6, 6.07) is 10.9. The highest BCUT2D eigenvalue weighted by atomic mass is 127. The van der Waals surface area contributed by atoms with Gasteiger partial charge < -0.3 is 10.7 Å². The van der Waals surface area contributed by atoms with Crippen LogP contribution in [0.4, 0.5) is 10.1 Å². The number of nitrogens with one attached hydrogen (secondary N) is 1. The fourth-order valence-corrected chi connectivity index (χ4v) is 2.48. The maximum absolute atomic E-state index is 12.9. The number of nitrogens with two attached hydrogens (primary N) is 1. The van der Waals surface area contributed by atoms with Gasteiger partial charge in [0.1, 0.15) is 5.82 Å². The molecule has 0 bridgehead atoms. The van der Waals surface area contributed by atoms with Crippen molar-refractivity contribution in [3.8, 4) is 22.6 Å². The predicted octanol–water partition coefficient (Wildman–Crippen LogP) is 2.82. The van der Waals surface area contributed by atoms with Crippen LogP contribution in [-0.2, 0) is 0 Å². The van der Waals surface area contributed by atoms with E-state index in [-0.39, 0.29) is 11.5 Å². The van der Waals surface area contributed by atoms with Crippen molar-refractivity contribution in [3.63, 3.8) is 0 Å². The van der Waals surface area contributed by atoms with Crippen LogP contribution >= 0.6 is 22.6 Å². The fourth-order valence-electron chi connectivity index (χ4n) is 1.99. The van der Waals surface area contributed by atoms with Gasteiger partial charge in [-0.15, -0.1) is 10.2 Å². The summed E-state index contributed by atoms with van der Waals surface area (Å²) in [6.07, 6.45) is 0. The normalized spacial score (nSPS) is 10.6. The van der Waals surface area contributed by atoms with Crippen molar-refractivity contribution in [1.29, 1.82) is 0 Å². The lowest BCUT2D eigenvalue weighted by atomic mass is 10.1. The smallest absolute Gasteiger partial charge is 0.278 e. The van der Waals surface area contributed by atoms with Crippen molar-refractivity contribution in [3.05, 3.63) is 62.2 Å². The molecule has 22 heavy (non-hydrogen) atoms. The van der Waals surface area contributed by atoms with Crippen LogP contribution in [0.15, 0.2) is 47.3 Å². The number of aromatic nitrogens is 3. The number of hydrogen-bond acceptors (Lipinski definition) is 4. The molecule has 3 rings (SSSR count). The molecule has 0 aliphatic carbocycles. The number of hydrogen-bond donors (Lipinski definition) is 2. The molecule has 0 aliphatic rings. The number of aromatic amines is 1. The van der Waals surface area contributed by atoms with Crippen molar-refractivity contribution in [2.75, 3.05) is 5.73 Å². The second kappa shape index (κ2) is 5.84. The van der Waals surface area contributed by atoms with Crippen molar-refractivity contribution in [2.24, 2.45) is 0 Å². The zero-order valence-corrected chi connectivity index (χ0v) is 13.3. The molecular weight excluding hydrogens is 398 g/mol. The van der Waals surface area contributed by atoms with Gasteiger partial charge in [0.2, 0.25) is 0 Å². The minimum atomic E-state index is -0.408. The van der Waals surface area contributed by atoms with Crippen LogP contribution in [0.5, 0.6) is 0 Å². The Bertz CT molecular complexity index is 893. The molecule has 0 radical (unpaired) electrons. The van der Waals surface area contributed by atoms with Gasteiger partial charge in [-0.25, -0.2) is 4.39 Å². The molecular formula is C15H10FIN4O. The summed E-state index contributed by atoms with van der Waals surface area (Å²) in [6.45, 7) is 0. The van der Waals surface area contributed by atoms with Gasteiger partial charge in [0, 0.05) is 20.4 Å². The number of rotatable bonds is 2. The number of anilines is 1. The second-order valence-electron chi connectivity index (χ2n) is 4.59. The second-order valence-corrected chi connectivity index (χ2v) is 5.84. The molecule has 7 heteroatoms. The molecule has 0 aliphatic heterocycles. The summed E-state index contributed by atoms with van der Waals surface area (Å²) in [5.74, 6) is -0.0803. The van der Waals surface area contributed by atoms with E-state index in [2.05, 4.69) is 37.8 Å². The molecule has 1 aromatic heterocycles. The summed E-state index contributed by atoms with van der Waals surface area (Å²) in [5, 5.41) is 7.98. The molecule has 3 aromatic rings. The largest absolute Gasteiger partial charge is 0.398 e. The number of H-pyrrole nitrogens is 1. The third-order valence-corrected chi connectivity index (χ3v) is 3.76. The van der Waals surface area contributed by atoms with E-state index in [0.717, 1.165) is 3.57 Å². The number of nitrogens with zero attached hydrogens (tertiary/aromatic N) is 2. The van der Waals surface area contributed by atoms with Gasteiger partial charge in [-0.05, 0) is 65.1 Å². The van der Waals surface area contributed by atoms with Crippen molar-refractivity contribution >= 4 is 28.3 Å². The molecule has 5 nitrogen and oxygen atoms in total. The zero-order valence-electron chi connectivity index (χ0n) is 11.2. The van der Waals surface area contributed by atoms with E-state index in [0.29, 0.717) is 22.6 Å². The molecule has 0 saturated carbocycles. The van der Waals surface area contributed by atoms with E-state index >= 15 is 0 Å². The Hall–Kier alpha value is -2.29. The topological polar surface area (TPSA) is 84.7 Å². The van der Waals surface area contributed by atoms with E-state index in [1.54, 1.807) is 6.07 Å². The highest BCUT2D eigenvalue weighted by Crippen LogP contribution is 2.24. The Kier molecular flexibility index (Phi) is 3.88. The molecule has 0 atom stereocenters. The Balaban J connectivity index is 2.08. The summed E-state index contributed by atoms with van der Waals surface area (Å²) in [4.78, 5) is 14.9. The molecule has 110 valence electrons. The molecule has 2 aromatic carbocycles. The quantitative estimate of drug-likeness (QED) is 0.505. The third-order valence-electron chi connectivity index (χ3n) is 3.09. The first-order valence-corrected chi connectivity index (χ1v) is 7.41. The highest BCUT2D eigenvalue weighted by Gasteiger charge is 2.11. The van der Waals surface area contributed by atoms with Gasteiger partial charge in [0.15, 0.2) is 11.5 Å². The Labute approximate surface area is 138 Å². The van der Waals surface area contributed by atoms with E-state index in [1.165, 1.54) is 24.3 Å². The van der Waals surface area contributed by atoms with Gasteiger partial charge in [0.05, 0.1) is 0 Å². The maximum atomic E-state index is 12.9. The van der Waals surface area contributed by atoms with Crippen molar-refractivity contribution in [1.82, 2.24) is 15.2 Å². The van der Waals surface area contributed by atoms with Crippen LogP contribution in [0.25, 0.3) is 22.6 Å². The number of nitrogen functional groups attached to an aromatic ring is 1. The van der Waals surface area contributed by atoms with E-state index < -0.39 is 5.56 Å². The van der Waals surface area contributed by atoms with E-state index in [1.807, 2.05) is 12.1 Å². The van der Waals surface area contributed by atoms with Crippen LogP contribution in [0, 0.1) is 9.39 Å². The molecule has 0 amide bonds. The molecule has 0 spiro atoms. The summed E-state index contributed by atoms with van der Waals surface area (Å²) >= 11 is 2.15. The van der Waals surface area contributed by atoms with Crippen LogP contribution in [-0.4, -0.2) is 15.2 Å².